The van der Waals surface area contributed by atoms with Crippen molar-refractivity contribution in [3.05, 3.63) is 30.1 Å². The maximum Gasteiger partial charge on any atom is 0.243 e. The highest BCUT2D eigenvalue weighted by Crippen LogP contribution is 2.18. The number of carbonyl (C=O) groups is 1. The van der Waals surface area contributed by atoms with E-state index in [1.165, 1.54) is 22.5 Å². The highest BCUT2D eigenvalue weighted by Gasteiger charge is 2.29. The van der Waals surface area contributed by atoms with Crippen LogP contribution < -0.4 is 5.32 Å². The van der Waals surface area contributed by atoms with E-state index in [2.05, 4.69) is 5.32 Å². The minimum atomic E-state index is -3.71. The third kappa shape index (κ3) is 3.58. The van der Waals surface area contributed by atoms with Gasteiger partial charge < -0.3 is 10.2 Å². The van der Waals surface area contributed by atoms with Crippen molar-refractivity contribution in [3.63, 3.8) is 0 Å². The molecule has 1 aromatic rings. The monoisotopic (exact) mass is 315 g/mol. The maximum absolute atomic E-state index is 13.2. The first kappa shape index (κ1) is 15.9. The molecule has 0 spiro atoms. The predicted molar refractivity (Wildman–Crippen MR) is 75.7 cm³/mol. The zero-order valence-corrected chi connectivity index (χ0v) is 12.6. The van der Waals surface area contributed by atoms with E-state index in [1.54, 1.807) is 11.9 Å². The molecule has 0 bridgehead atoms. The number of nitrogens with one attached hydrogen (secondary N) is 1. The lowest BCUT2D eigenvalue weighted by Crippen LogP contribution is -2.52. The van der Waals surface area contributed by atoms with Crippen LogP contribution in [0, 0.1) is 5.82 Å². The fourth-order valence-corrected chi connectivity index (χ4v) is 3.67. The molecule has 6 nitrogen and oxygen atoms in total. The molecule has 1 aliphatic heterocycles. The average molecular weight is 315 g/mol. The highest BCUT2D eigenvalue weighted by molar-refractivity contribution is 7.89. The van der Waals surface area contributed by atoms with Crippen molar-refractivity contribution in [2.24, 2.45) is 0 Å². The van der Waals surface area contributed by atoms with E-state index < -0.39 is 15.8 Å². The van der Waals surface area contributed by atoms with Crippen LogP contribution in [0.3, 0.4) is 0 Å². The van der Waals surface area contributed by atoms with Gasteiger partial charge in [-0.2, -0.15) is 4.31 Å². The van der Waals surface area contributed by atoms with Crippen LogP contribution in [0.2, 0.25) is 0 Å². The normalized spacial score (nSPS) is 17.0. The van der Waals surface area contributed by atoms with Crippen LogP contribution >= 0.6 is 0 Å². The number of carbonyl (C=O) groups excluding carboxylic acids is 1. The Kier molecular flexibility index (Phi) is 4.92. The van der Waals surface area contributed by atoms with Crippen LogP contribution in [-0.4, -0.2) is 63.3 Å². The summed E-state index contributed by atoms with van der Waals surface area (Å²) >= 11 is 0. The Bertz CT molecular complexity index is 613. The highest BCUT2D eigenvalue weighted by atomic mass is 32.2. The number of piperazine rings is 1. The zero-order valence-electron chi connectivity index (χ0n) is 11.8. The van der Waals surface area contributed by atoms with Gasteiger partial charge in [0, 0.05) is 26.2 Å². The molecule has 1 fully saturated rings. The fourth-order valence-electron chi connectivity index (χ4n) is 2.22. The third-order valence-corrected chi connectivity index (χ3v) is 5.25. The molecule has 8 heteroatoms. The number of benzene rings is 1. The standard InChI is InChI=1S/C13H18FN3O3S/c1-15-10-13(18)16-5-7-17(8-6-16)21(19,20)12-4-2-3-11(14)9-12/h2-4,9,15H,5-8,10H2,1H3. The Morgan fingerprint density at radius 2 is 1.95 bits per heavy atom. The summed E-state index contributed by atoms with van der Waals surface area (Å²) < 4.78 is 39.2. The molecule has 0 aliphatic carbocycles. The number of likely N-dealkylation sites (N-methyl/N-ethyl adjacent to an activating group) is 1. The second kappa shape index (κ2) is 6.50. The van der Waals surface area contributed by atoms with Crippen molar-refractivity contribution in [1.82, 2.24) is 14.5 Å². The minimum Gasteiger partial charge on any atom is -0.339 e. The minimum absolute atomic E-state index is 0.0553. The molecule has 1 aliphatic rings. The van der Waals surface area contributed by atoms with Gasteiger partial charge in [-0.1, -0.05) is 6.07 Å². The number of sulfonamides is 1. The van der Waals surface area contributed by atoms with Crippen LogP contribution in [0.4, 0.5) is 4.39 Å². The Balaban J connectivity index is 2.06. The zero-order chi connectivity index (χ0) is 15.5. The number of hydrogen-bond acceptors (Lipinski definition) is 4. The number of nitrogens with zero attached hydrogens (tertiary/aromatic N) is 2. The van der Waals surface area contributed by atoms with E-state index in [1.807, 2.05) is 0 Å². The predicted octanol–water partition coefficient (Wildman–Crippen LogP) is -0.122. The molecule has 1 N–H and O–H groups in total. The van der Waals surface area contributed by atoms with Gasteiger partial charge in [0.25, 0.3) is 0 Å². The van der Waals surface area contributed by atoms with Gasteiger partial charge in [0.2, 0.25) is 15.9 Å². The number of amides is 1. The molecule has 1 amide bonds. The van der Waals surface area contributed by atoms with Gasteiger partial charge in [0.05, 0.1) is 11.4 Å². The molecule has 0 unspecified atom stereocenters. The van der Waals surface area contributed by atoms with Gasteiger partial charge in [-0.15, -0.1) is 0 Å². The second-order valence-corrected chi connectivity index (χ2v) is 6.71. The second-order valence-electron chi connectivity index (χ2n) is 4.77. The Hall–Kier alpha value is -1.51. The largest absolute Gasteiger partial charge is 0.339 e. The van der Waals surface area contributed by atoms with Gasteiger partial charge in [-0.3, -0.25) is 4.79 Å². The van der Waals surface area contributed by atoms with Crippen molar-refractivity contribution < 1.29 is 17.6 Å². The summed E-state index contributed by atoms with van der Waals surface area (Å²) in [4.78, 5) is 13.3. The summed E-state index contributed by atoms with van der Waals surface area (Å²) in [5, 5.41) is 2.77. The van der Waals surface area contributed by atoms with Crippen molar-refractivity contribution in [3.8, 4) is 0 Å². The topological polar surface area (TPSA) is 69.7 Å². The SMILES string of the molecule is CNCC(=O)N1CCN(S(=O)(=O)c2cccc(F)c2)CC1. The van der Waals surface area contributed by atoms with E-state index in [9.17, 15) is 17.6 Å². The first-order valence-corrected chi connectivity index (χ1v) is 8.07. The van der Waals surface area contributed by atoms with Crippen molar-refractivity contribution in [2.75, 3.05) is 39.8 Å². The van der Waals surface area contributed by atoms with Gasteiger partial charge in [0.1, 0.15) is 5.82 Å². The van der Waals surface area contributed by atoms with Crippen LogP contribution in [0.15, 0.2) is 29.2 Å². The third-order valence-electron chi connectivity index (χ3n) is 3.35. The Labute approximate surface area is 123 Å². The maximum atomic E-state index is 13.2. The molecule has 0 radical (unpaired) electrons. The molecule has 1 heterocycles. The molecule has 2 rings (SSSR count). The first-order valence-electron chi connectivity index (χ1n) is 6.63. The molecule has 0 aromatic heterocycles. The summed E-state index contributed by atoms with van der Waals surface area (Å²) in [5.41, 5.74) is 0. The van der Waals surface area contributed by atoms with E-state index in [0.29, 0.717) is 13.1 Å². The van der Waals surface area contributed by atoms with Crippen LogP contribution in [0.25, 0.3) is 0 Å². The van der Waals surface area contributed by atoms with E-state index in [4.69, 9.17) is 0 Å². The van der Waals surface area contributed by atoms with Gasteiger partial charge in [-0.05, 0) is 25.2 Å². The van der Waals surface area contributed by atoms with Crippen LogP contribution in [0.1, 0.15) is 0 Å². The molecular weight excluding hydrogens is 297 g/mol. The lowest BCUT2D eigenvalue weighted by molar-refractivity contribution is -0.131. The van der Waals surface area contributed by atoms with Crippen molar-refractivity contribution >= 4 is 15.9 Å². The fraction of sp³-hybridized carbons (Fsp3) is 0.462. The number of rotatable bonds is 4. The molecule has 1 aromatic carbocycles. The summed E-state index contributed by atoms with van der Waals surface area (Å²) in [5.74, 6) is -0.640. The van der Waals surface area contributed by atoms with Crippen LogP contribution in [0.5, 0.6) is 0 Å². The average Bonchev–Trinajstić information content (AvgIpc) is 2.47. The molecule has 1 saturated heterocycles. The van der Waals surface area contributed by atoms with Gasteiger partial charge >= 0.3 is 0 Å². The van der Waals surface area contributed by atoms with Crippen LogP contribution in [-0.2, 0) is 14.8 Å². The quantitative estimate of drug-likeness (QED) is 0.841. The van der Waals surface area contributed by atoms with E-state index in [-0.39, 0.29) is 30.4 Å². The van der Waals surface area contributed by atoms with Crippen molar-refractivity contribution in [1.29, 1.82) is 0 Å². The first-order chi connectivity index (χ1) is 9.95. The van der Waals surface area contributed by atoms with E-state index >= 15 is 0 Å². The lowest BCUT2D eigenvalue weighted by atomic mass is 10.3. The Morgan fingerprint density at radius 1 is 1.29 bits per heavy atom. The summed E-state index contributed by atoms with van der Waals surface area (Å²) in [6.45, 7) is 1.35. The van der Waals surface area contributed by atoms with E-state index in [0.717, 1.165) is 6.07 Å². The number of halogens is 1. The van der Waals surface area contributed by atoms with Gasteiger partial charge in [-0.25, -0.2) is 12.8 Å². The summed E-state index contributed by atoms with van der Waals surface area (Å²) in [7, 11) is -2.02. The molecule has 21 heavy (non-hydrogen) atoms. The van der Waals surface area contributed by atoms with Crippen molar-refractivity contribution in [2.45, 2.75) is 4.90 Å². The summed E-state index contributed by atoms with van der Waals surface area (Å²) in [6, 6.07) is 4.95. The summed E-state index contributed by atoms with van der Waals surface area (Å²) in [6.07, 6.45) is 0. The van der Waals surface area contributed by atoms with Gasteiger partial charge in [0.15, 0.2) is 0 Å². The molecule has 0 saturated carbocycles. The lowest BCUT2D eigenvalue weighted by Gasteiger charge is -2.34. The Morgan fingerprint density at radius 3 is 2.52 bits per heavy atom. The smallest absolute Gasteiger partial charge is 0.243 e. The number of hydrogen-bond donors (Lipinski definition) is 1. The molecule has 116 valence electrons. The molecular formula is C13H18FN3O3S. The molecule has 0 atom stereocenters.